The molecule has 0 aliphatic carbocycles. The topological polar surface area (TPSA) is 78.6 Å². The van der Waals surface area contributed by atoms with E-state index in [2.05, 4.69) is 5.32 Å². The van der Waals surface area contributed by atoms with Gasteiger partial charge in [0, 0.05) is 19.7 Å². The second-order valence-electron chi connectivity index (χ2n) is 5.20. The van der Waals surface area contributed by atoms with Gasteiger partial charge in [0.25, 0.3) is 5.91 Å². The molecule has 0 fully saturated rings. The molecule has 1 aromatic carbocycles. The minimum absolute atomic E-state index is 0.00516. The molecule has 1 amide bonds. The number of rotatable bonds is 5. The van der Waals surface area contributed by atoms with Gasteiger partial charge < -0.3 is 21.1 Å². The Morgan fingerprint density at radius 3 is 2.58 bits per heavy atom. The number of carbonyl (C=O) groups is 1. The van der Waals surface area contributed by atoms with Gasteiger partial charge in [0.1, 0.15) is 0 Å². The van der Waals surface area contributed by atoms with E-state index in [0.717, 1.165) is 6.42 Å². The summed E-state index contributed by atoms with van der Waals surface area (Å²) in [5.41, 5.74) is 7.26. The van der Waals surface area contributed by atoms with Crippen LogP contribution in [-0.4, -0.2) is 42.2 Å². The Balaban J connectivity index is 3.08. The fraction of sp³-hybridized carbons (Fsp3) is 0.500. The lowest BCUT2D eigenvalue weighted by molar-refractivity contribution is 0.0827. The number of nitrogens with zero attached hydrogens (tertiary/aromatic N) is 1. The zero-order valence-electron chi connectivity index (χ0n) is 12.0. The number of aliphatic hydroxyl groups excluding tert-OH is 1. The molecule has 1 unspecified atom stereocenters. The lowest BCUT2D eigenvalue weighted by atomic mass is 9.99. The number of aliphatic hydroxyl groups is 1. The third-order valence-corrected chi connectivity index (χ3v) is 3.27. The molecule has 19 heavy (non-hydrogen) atoms. The van der Waals surface area contributed by atoms with Crippen molar-refractivity contribution in [2.24, 2.45) is 0 Å². The van der Waals surface area contributed by atoms with Gasteiger partial charge in [0.2, 0.25) is 0 Å². The maximum Gasteiger partial charge on any atom is 0.253 e. The highest BCUT2D eigenvalue weighted by Crippen LogP contribution is 2.25. The van der Waals surface area contributed by atoms with Crippen LogP contribution >= 0.6 is 0 Å². The number of amides is 1. The van der Waals surface area contributed by atoms with Gasteiger partial charge in [-0.25, -0.2) is 0 Å². The van der Waals surface area contributed by atoms with Crippen molar-refractivity contribution in [3.8, 4) is 0 Å². The van der Waals surface area contributed by atoms with E-state index in [-0.39, 0.29) is 12.5 Å². The highest BCUT2D eigenvalue weighted by Gasteiger charge is 2.22. The minimum atomic E-state index is -0.450. The van der Waals surface area contributed by atoms with Gasteiger partial charge >= 0.3 is 0 Å². The SMILES string of the molecule is CCC(C)(CO)Nc1cc(C(=O)N(C)C)ccc1N. The largest absolute Gasteiger partial charge is 0.397 e. The maximum absolute atomic E-state index is 11.9. The molecule has 4 N–H and O–H groups in total. The number of hydrogen-bond donors (Lipinski definition) is 3. The number of nitrogen functional groups attached to an aromatic ring is 1. The summed E-state index contributed by atoms with van der Waals surface area (Å²) >= 11 is 0. The van der Waals surface area contributed by atoms with E-state index < -0.39 is 5.54 Å². The van der Waals surface area contributed by atoms with Crippen molar-refractivity contribution < 1.29 is 9.90 Å². The lowest BCUT2D eigenvalue weighted by Gasteiger charge is -2.29. The average molecular weight is 265 g/mol. The first-order valence-electron chi connectivity index (χ1n) is 6.33. The zero-order valence-corrected chi connectivity index (χ0v) is 12.0. The standard InChI is InChI=1S/C14H23N3O2/c1-5-14(2,9-18)16-12-8-10(6-7-11(12)15)13(19)17(3)4/h6-8,16,18H,5,9,15H2,1-4H3. The first kappa shape index (κ1) is 15.3. The molecule has 0 bridgehead atoms. The van der Waals surface area contributed by atoms with Crippen molar-refractivity contribution in [1.29, 1.82) is 0 Å². The molecule has 1 rings (SSSR count). The number of carbonyl (C=O) groups excluding carboxylic acids is 1. The molecule has 5 heteroatoms. The lowest BCUT2D eigenvalue weighted by Crippen LogP contribution is -2.38. The van der Waals surface area contributed by atoms with Gasteiger partial charge in [0.15, 0.2) is 0 Å². The maximum atomic E-state index is 11.9. The van der Waals surface area contributed by atoms with E-state index in [1.807, 2.05) is 13.8 Å². The van der Waals surface area contributed by atoms with Crippen LogP contribution < -0.4 is 11.1 Å². The van der Waals surface area contributed by atoms with E-state index in [4.69, 9.17) is 5.73 Å². The fourth-order valence-electron chi connectivity index (χ4n) is 1.62. The first-order chi connectivity index (χ1) is 8.83. The van der Waals surface area contributed by atoms with Crippen LogP contribution in [0.1, 0.15) is 30.6 Å². The number of hydrogen-bond acceptors (Lipinski definition) is 4. The summed E-state index contributed by atoms with van der Waals surface area (Å²) in [5.74, 6) is -0.0785. The van der Waals surface area contributed by atoms with Crippen molar-refractivity contribution in [3.63, 3.8) is 0 Å². The van der Waals surface area contributed by atoms with Crippen LogP contribution in [0.5, 0.6) is 0 Å². The number of nitrogens with one attached hydrogen (secondary N) is 1. The summed E-state index contributed by atoms with van der Waals surface area (Å²) in [4.78, 5) is 13.4. The predicted octanol–water partition coefficient (Wildman–Crippen LogP) is 1.54. The molecule has 0 spiro atoms. The summed E-state index contributed by atoms with van der Waals surface area (Å²) in [6.45, 7) is 3.88. The van der Waals surface area contributed by atoms with Gasteiger partial charge in [-0.3, -0.25) is 4.79 Å². The molecule has 5 nitrogen and oxygen atoms in total. The van der Waals surface area contributed by atoms with E-state index in [9.17, 15) is 9.90 Å². The zero-order chi connectivity index (χ0) is 14.6. The van der Waals surface area contributed by atoms with Crippen LogP contribution in [0.3, 0.4) is 0 Å². The Bertz CT molecular complexity index is 454. The molecule has 106 valence electrons. The number of anilines is 2. The molecule has 1 aromatic rings. The van der Waals surface area contributed by atoms with Crippen molar-refractivity contribution >= 4 is 17.3 Å². The van der Waals surface area contributed by atoms with Gasteiger partial charge in [-0.1, -0.05) is 6.92 Å². The number of benzene rings is 1. The smallest absolute Gasteiger partial charge is 0.253 e. The van der Waals surface area contributed by atoms with E-state index in [0.29, 0.717) is 16.9 Å². The summed E-state index contributed by atoms with van der Waals surface area (Å²) in [6.07, 6.45) is 0.745. The molecule has 0 aliphatic heterocycles. The van der Waals surface area contributed by atoms with Crippen molar-refractivity contribution in [1.82, 2.24) is 4.90 Å². The Hall–Kier alpha value is -1.75. The third kappa shape index (κ3) is 3.61. The fourth-order valence-corrected chi connectivity index (χ4v) is 1.62. The van der Waals surface area contributed by atoms with Crippen LogP contribution in [0, 0.1) is 0 Å². The Morgan fingerprint density at radius 2 is 2.11 bits per heavy atom. The summed E-state index contributed by atoms with van der Waals surface area (Å²) in [6, 6.07) is 5.12. The second-order valence-corrected chi connectivity index (χ2v) is 5.20. The molecular formula is C14H23N3O2. The third-order valence-electron chi connectivity index (χ3n) is 3.27. The molecule has 0 aliphatic rings. The highest BCUT2D eigenvalue weighted by atomic mass is 16.3. The summed E-state index contributed by atoms with van der Waals surface area (Å²) in [7, 11) is 3.41. The molecule has 0 aromatic heterocycles. The normalized spacial score (nSPS) is 13.7. The molecule has 1 atom stereocenters. The Labute approximate surface area is 114 Å². The van der Waals surface area contributed by atoms with Gasteiger partial charge in [0.05, 0.1) is 23.5 Å². The molecule has 0 radical (unpaired) electrons. The van der Waals surface area contributed by atoms with Crippen molar-refractivity contribution in [2.75, 3.05) is 31.8 Å². The second kappa shape index (κ2) is 5.93. The van der Waals surface area contributed by atoms with Crippen molar-refractivity contribution in [3.05, 3.63) is 23.8 Å². The Morgan fingerprint density at radius 1 is 1.47 bits per heavy atom. The van der Waals surface area contributed by atoms with Gasteiger partial charge in [-0.15, -0.1) is 0 Å². The molecular weight excluding hydrogens is 242 g/mol. The predicted molar refractivity (Wildman–Crippen MR) is 78.3 cm³/mol. The quantitative estimate of drug-likeness (QED) is 0.706. The number of nitrogens with two attached hydrogens (primary N) is 1. The first-order valence-corrected chi connectivity index (χ1v) is 6.33. The Kier molecular flexibility index (Phi) is 4.78. The summed E-state index contributed by atoms with van der Waals surface area (Å²) < 4.78 is 0. The van der Waals surface area contributed by atoms with E-state index in [1.54, 1.807) is 32.3 Å². The van der Waals surface area contributed by atoms with E-state index in [1.165, 1.54) is 4.90 Å². The minimum Gasteiger partial charge on any atom is -0.397 e. The highest BCUT2D eigenvalue weighted by molar-refractivity contribution is 5.96. The van der Waals surface area contributed by atoms with Gasteiger partial charge in [-0.2, -0.15) is 0 Å². The molecule has 0 heterocycles. The van der Waals surface area contributed by atoms with Crippen LogP contribution in [-0.2, 0) is 0 Å². The van der Waals surface area contributed by atoms with Crippen LogP contribution in [0.4, 0.5) is 11.4 Å². The van der Waals surface area contributed by atoms with Crippen LogP contribution in [0.15, 0.2) is 18.2 Å². The van der Waals surface area contributed by atoms with Crippen molar-refractivity contribution in [2.45, 2.75) is 25.8 Å². The monoisotopic (exact) mass is 265 g/mol. The summed E-state index contributed by atoms with van der Waals surface area (Å²) in [5, 5.41) is 12.6. The van der Waals surface area contributed by atoms with Crippen LogP contribution in [0.25, 0.3) is 0 Å². The average Bonchev–Trinajstić information content (AvgIpc) is 2.40. The molecule has 0 saturated carbocycles. The van der Waals surface area contributed by atoms with Gasteiger partial charge in [-0.05, 0) is 31.5 Å². The van der Waals surface area contributed by atoms with Crippen LogP contribution in [0.2, 0.25) is 0 Å². The molecule has 0 saturated heterocycles. The van der Waals surface area contributed by atoms with E-state index >= 15 is 0 Å².